The molecule has 0 atom stereocenters. The Labute approximate surface area is 228 Å². The highest BCUT2D eigenvalue weighted by Crippen LogP contribution is 2.30. The van der Waals surface area contributed by atoms with Crippen LogP contribution in [0.1, 0.15) is 15.9 Å². The predicted octanol–water partition coefficient (Wildman–Crippen LogP) is 5.24. The Morgan fingerprint density at radius 3 is 2.25 bits per heavy atom. The molecule has 0 aliphatic heterocycles. The summed E-state index contributed by atoms with van der Waals surface area (Å²) in [4.78, 5) is 30.1. The molecular weight excluding hydrogens is 513 g/mol. The third kappa shape index (κ3) is 6.13. The first-order chi connectivity index (χ1) is 19.5. The van der Waals surface area contributed by atoms with E-state index in [0.29, 0.717) is 35.0 Å². The molecule has 0 spiro atoms. The van der Waals surface area contributed by atoms with Gasteiger partial charge in [0.2, 0.25) is 0 Å². The second-order valence-electron chi connectivity index (χ2n) is 8.60. The van der Waals surface area contributed by atoms with Gasteiger partial charge in [0.25, 0.3) is 11.5 Å². The maximum absolute atomic E-state index is 13.5. The van der Waals surface area contributed by atoms with Crippen molar-refractivity contribution < 1.29 is 18.7 Å². The molecule has 0 radical (unpaired) electrons. The number of carbonyl (C=O) groups excluding carboxylic acids is 1. The fraction of sp³-hybridized carbons (Fsp3) is 0.0667. The molecule has 2 N–H and O–H groups in total. The number of nitrogens with one attached hydrogen (secondary N) is 2. The summed E-state index contributed by atoms with van der Waals surface area (Å²) in [5.41, 5.74) is 1.89. The molecule has 0 aliphatic rings. The number of methoxy groups -OCH3 is 1. The second kappa shape index (κ2) is 11.9. The van der Waals surface area contributed by atoms with E-state index in [1.54, 1.807) is 68.0 Å². The molecule has 5 aromatic rings. The maximum Gasteiger partial charge on any atom is 0.299 e. The second-order valence-corrected chi connectivity index (χ2v) is 8.60. The number of rotatable bonds is 9. The number of aromatic nitrogens is 3. The summed E-state index contributed by atoms with van der Waals surface area (Å²) < 4.78 is 25.8. The van der Waals surface area contributed by atoms with Crippen molar-refractivity contribution in [1.29, 1.82) is 0 Å². The number of benzene rings is 3. The number of nitrogens with zero attached hydrogens (tertiary/aromatic N) is 3. The topological polar surface area (TPSA) is 107 Å². The van der Waals surface area contributed by atoms with Crippen LogP contribution in [0.4, 0.5) is 15.8 Å². The zero-order valence-corrected chi connectivity index (χ0v) is 21.4. The van der Waals surface area contributed by atoms with E-state index in [2.05, 4.69) is 20.7 Å². The van der Waals surface area contributed by atoms with Gasteiger partial charge in [-0.05, 0) is 90.5 Å². The van der Waals surface area contributed by atoms with Crippen LogP contribution in [-0.2, 0) is 6.54 Å². The third-order valence-electron chi connectivity index (χ3n) is 5.92. The smallest absolute Gasteiger partial charge is 0.299 e. The molecule has 0 saturated carbocycles. The van der Waals surface area contributed by atoms with Crippen molar-refractivity contribution in [2.24, 2.45) is 0 Å². The Balaban J connectivity index is 1.41. The van der Waals surface area contributed by atoms with Gasteiger partial charge in [-0.1, -0.05) is 0 Å². The largest absolute Gasteiger partial charge is 0.497 e. The molecule has 2 heterocycles. The number of halogens is 1. The van der Waals surface area contributed by atoms with Crippen LogP contribution in [0.15, 0.2) is 108 Å². The van der Waals surface area contributed by atoms with Crippen molar-refractivity contribution in [1.82, 2.24) is 20.1 Å². The van der Waals surface area contributed by atoms with Gasteiger partial charge < -0.3 is 20.1 Å². The van der Waals surface area contributed by atoms with Crippen LogP contribution < -0.4 is 25.7 Å². The van der Waals surface area contributed by atoms with Gasteiger partial charge >= 0.3 is 0 Å². The zero-order valence-electron chi connectivity index (χ0n) is 21.4. The van der Waals surface area contributed by atoms with Gasteiger partial charge in [0, 0.05) is 30.2 Å². The number of ether oxygens (including phenoxy) is 2. The van der Waals surface area contributed by atoms with E-state index in [-0.39, 0.29) is 17.3 Å². The van der Waals surface area contributed by atoms with Gasteiger partial charge in [-0.2, -0.15) is 9.78 Å². The molecule has 0 unspecified atom stereocenters. The first-order valence-electron chi connectivity index (χ1n) is 12.2. The third-order valence-corrected chi connectivity index (χ3v) is 5.92. The highest BCUT2D eigenvalue weighted by molar-refractivity contribution is 5.94. The van der Waals surface area contributed by atoms with Crippen molar-refractivity contribution in [2.45, 2.75) is 6.54 Å². The molecule has 0 aliphatic carbocycles. The van der Waals surface area contributed by atoms with Gasteiger partial charge in [0.1, 0.15) is 17.3 Å². The monoisotopic (exact) mass is 537 g/mol. The summed E-state index contributed by atoms with van der Waals surface area (Å²) in [6.45, 7) is 0.368. The van der Waals surface area contributed by atoms with Gasteiger partial charge in [-0.15, -0.1) is 0 Å². The number of amides is 1. The fourth-order valence-corrected chi connectivity index (χ4v) is 3.80. The van der Waals surface area contributed by atoms with E-state index in [9.17, 15) is 14.0 Å². The summed E-state index contributed by atoms with van der Waals surface area (Å²) in [5.74, 6) is 0.618. The average molecular weight is 538 g/mol. The lowest BCUT2D eigenvalue weighted by atomic mass is 10.2. The molecule has 0 bridgehead atoms. The molecule has 3 aromatic carbocycles. The summed E-state index contributed by atoms with van der Waals surface area (Å²) in [6, 6.07) is 22.6. The van der Waals surface area contributed by atoms with Gasteiger partial charge in [-0.3, -0.25) is 14.6 Å². The van der Waals surface area contributed by atoms with Crippen LogP contribution in [0.3, 0.4) is 0 Å². The lowest BCUT2D eigenvalue weighted by molar-refractivity contribution is 0.0951. The van der Waals surface area contributed by atoms with Gasteiger partial charge in [-0.25, -0.2) is 4.39 Å². The van der Waals surface area contributed by atoms with Crippen LogP contribution in [0.25, 0.3) is 5.69 Å². The summed E-state index contributed by atoms with van der Waals surface area (Å²) in [6.07, 6.45) is 4.73. The number of carbonyl (C=O) groups is 1. The fourth-order valence-electron chi connectivity index (χ4n) is 3.80. The van der Waals surface area contributed by atoms with Gasteiger partial charge in [0.15, 0.2) is 11.4 Å². The van der Waals surface area contributed by atoms with Crippen LogP contribution in [-0.4, -0.2) is 27.8 Å². The summed E-state index contributed by atoms with van der Waals surface area (Å²) >= 11 is 0. The van der Waals surface area contributed by atoms with Crippen molar-refractivity contribution in [3.8, 4) is 22.9 Å². The van der Waals surface area contributed by atoms with Crippen molar-refractivity contribution in [2.75, 3.05) is 12.4 Å². The molecule has 9 nitrogen and oxygen atoms in total. The van der Waals surface area contributed by atoms with E-state index in [1.165, 1.54) is 30.5 Å². The van der Waals surface area contributed by atoms with E-state index < -0.39 is 11.4 Å². The summed E-state index contributed by atoms with van der Waals surface area (Å²) in [7, 11) is 1.56. The Kier molecular flexibility index (Phi) is 7.77. The number of hydrogen-bond donors (Lipinski definition) is 2. The minimum Gasteiger partial charge on any atom is -0.497 e. The maximum atomic E-state index is 13.5. The Morgan fingerprint density at radius 1 is 0.900 bits per heavy atom. The Hall–Kier alpha value is -5.51. The highest BCUT2D eigenvalue weighted by Gasteiger charge is 2.16. The molecule has 5 rings (SSSR count). The standard InChI is InChI=1S/C30H24FN5O4/c1-39-25-10-12-26(13-11-25)40-27-19-34-36(24-8-4-22(31)5-9-24)30(38)28(27)35-23-6-2-21(3-7-23)29(37)33-18-20-14-16-32-17-15-20/h2-17,19,35H,18H2,1H3,(H,33,37). The molecule has 0 saturated heterocycles. The SMILES string of the molecule is COc1ccc(Oc2cnn(-c3ccc(F)cc3)c(=O)c2Nc2ccc(C(=O)NCc3ccncc3)cc2)cc1. The Morgan fingerprint density at radius 2 is 1.57 bits per heavy atom. The molecule has 10 heteroatoms. The van der Waals surface area contributed by atoms with E-state index >= 15 is 0 Å². The van der Waals surface area contributed by atoms with Gasteiger partial charge in [0.05, 0.1) is 19.0 Å². The number of hydrogen-bond acceptors (Lipinski definition) is 7. The number of anilines is 2. The molecule has 0 fully saturated rings. The molecule has 2 aromatic heterocycles. The summed E-state index contributed by atoms with van der Waals surface area (Å²) in [5, 5.41) is 10.2. The van der Waals surface area contributed by atoms with Crippen LogP contribution >= 0.6 is 0 Å². The lowest BCUT2D eigenvalue weighted by Gasteiger charge is -2.15. The highest BCUT2D eigenvalue weighted by atomic mass is 19.1. The average Bonchev–Trinajstić information content (AvgIpc) is 2.99. The van der Waals surface area contributed by atoms with E-state index in [4.69, 9.17) is 9.47 Å². The molecular formula is C30H24FN5O4. The lowest BCUT2D eigenvalue weighted by Crippen LogP contribution is -2.24. The minimum atomic E-state index is -0.517. The number of pyridine rings is 1. The predicted molar refractivity (Wildman–Crippen MR) is 148 cm³/mol. The molecule has 200 valence electrons. The molecule has 1 amide bonds. The van der Waals surface area contributed by atoms with Crippen molar-refractivity contribution >= 4 is 17.3 Å². The van der Waals surface area contributed by atoms with Crippen LogP contribution in [0.2, 0.25) is 0 Å². The van der Waals surface area contributed by atoms with E-state index in [0.717, 1.165) is 10.2 Å². The quantitative estimate of drug-likeness (QED) is 0.265. The first-order valence-corrected chi connectivity index (χ1v) is 12.2. The van der Waals surface area contributed by atoms with E-state index in [1.807, 2.05) is 12.1 Å². The van der Waals surface area contributed by atoms with Crippen LogP contribution in [0, 0.1) is 5.82 Å². The Bertz CT molecular complexity index is 1660. The van der Waals surface area contributed by atoms with Crippen molar-refractivity contribution in [3.05, 3.63) is 131 Å². The minimum absolute atomic E-state index is 0.102. The zero-order chi connectivity index (χ0) is 27.9. The van der Waals surface area contributed by atoms with Crippen LogP contribution in [0.5, 0.6) is 17.2 Å². The molecule has 40 heavy (non-hydrogen) atoms. The normalized spacial score (nSPS) is 10.6. The first kappa shape index (κ1) is 26.1. The van der Waals surface area contributed by atoms with Crippen molar-refractivity contribution in [3.63, 3.8) is 0 Å².